The molecule has 0 unspecified atom stereocenters. The van der Waals surface area contributed by atoms with E-state index in [1.807, 2.05) is 48.5 Å². The van der Waals surface area contributed by atoms with Crippen molar-refractivity contribution in [3.8, 4) is 0 Å². The van der Waals surface area contributed by atoms with Crippen LogP contribution < -0.4 is 5.32 Å². The molecule has 1 amide bonds. The van der Waals surface area contributed by atoms with Gasteiger partial charge in [0.25, 0.3) is 0 Å². The summed E-state index contributed by atoms with van der Waals surface area (Å²) in [6, 6.07) is 17.7. The van der Waals surface area contributed by atoms with Crippen LogP contribution in [-0.4, -0.2) is 25.7 Å². The fraction of sp³-hybridized carbons (Fsp3) is 0.286. The lowest BCUT2D eigenvalue weighted by Gasteiger charge is -2.37. The van der Waals surface area contributed by atoms with Crippen molar-refractivity contribution < 1.29 is 9.53 Å². The van der Waals surface area contributed by atoms with E-state index in [4.69, 9.17) is 16.3 Å². The number of carbonyl (C=O) groups excluding carboxylic acids is 1. The van der Waals surface area contributed by atoms with Crippen molar-refractivity contribution in [1.29, 1.82) is 0 Å². The van der Waals surface area contributed by atoms with Gasteiger partial charge in [-0.25, -0.2) is 0 Å². The minimum atomic E-state index is -0.0981. The third-order valence-corrected chi connectivity index (χ3v) is 4.99. The van der Waals surface area contributed by atoms with Crippen LogP contribution in [0.3, 0.4) is 0 Å². The van der Waals surface area contributed by atoms with Gasteiger partial charge in [0.2, 0.25) is 5.91 Å². The largest absolute Gasteiger partial charge is 0.381 e. The average Bonchev–Trinajstić information content (AvgIpc) is 2.67. The van der Waals surface area contributed by atoms with Gasteiger partial charge in [-0.05, 0) is 42.2 Å². The maximum absolute atomic E-state index is 12.2. The standard InChI is InChI=1S/C21H22ClNO2/c22-19-9-7-18(8-10-19)21(12-14-25-15-13-21)16-23-20(24)11-6-17-4-2-1-3-5-17/h1-11H,12-16H2,(H,23,24)/b11-6+. The van der Waals surface area contributed by atoms with Gasteiger partial charge in [0.05, 0.1) is 0 Å². The van der Waals surface area contributed by atoms with Crippen molar-refractivity contribution in [2.75, 3.05) is 19.8 Å². The molecular formula is C21H22ClNO2. The summed E-state index contributed by atoms with van der Waals surface area (Å²) in [5, 5.41) is 3.79. The molecule has 1 aliphatic heterocycles. The van der Waals surface area contributed by atoms with Crippen molar-refractivity contribution in [3.05, 3.63) is 76.8 Å². The highest BCUT2D eigenvalue weighted by atomic mass is 35.5. The fourth-order valence-electron chi connectivity index (χ4n) is 3.18. The van der Waals surface area contributed by atoms with Crippen molar-refractivity contribution in [3.63, 3.8) is 0 Å². The molecule has 0 aliphatic carbocycles. The van der Waals surface area contributed by atoms with Crippen LogP contribution >= 0.6 is 11.6 Å². The topological polar surface area (TPSA) is 38.3 Å². The predicted octanol–water partition coefficient (Wildman–Crippen LogP) is 4.22. The molecule has 1 saturated heterocycles. The maximum Gasteiger partial charge on any atom is 0.244 e. The first-order valence-corrected chi connectivity index (χ1v) is 8.91. The summed E-state index contributed by atoms with van der Waals surface area (Å²) < 4.78 is 5.53. The monoisotopic (exact) mass is 355 g/mol. The van der Waals surface area contributed by atoms with Crippen LogP contribution in [0.15, 0.2) is 60.7 Å². The summed E-state index contributed by atoms with van der Waals surface area (Å²) in [6.07, 6.45) is 5.19. The number of amides is 1. The molecule has 2 aromatic carbocycles. The minimum Gasteiger partial charge on any atom is -0.381 e. The lowest BCUT2D eigenvalue weighted by molar-refractivity contribution is -0.116. The molecule has 25 heavy (non-hydrogen) atoms. The fourth-order valence-corrected chi connectivity index (χ4v) is 3.31. The highest BCUT2D eigenvalue weighted by molar-refractivity contribution is 6.30. The zero-order valence-electron chi connectivity index (χ0n) is 14.1. The molecule has 0 aromatic heterocycles. The highest BCUT2D eigenvalue weighted by Crippen LogP contribution is 2.34. The van der Waals surface area contributed by atoms with Gasteiger partial charge in [-0.15, -0.1) is 0 Å². The number of carbonyl (C=O) groups is 1. The predicted molar refractivity (Wildman–Crippen MR) is 102 cm³/mol. The van der Waals surface area contributed by atoms with Gasteiger partial charge in [-0.3, -0.25) is 4.79 Å². The Balaban J connectivity index is 1.67. The minimum absolute atomic E-state index is 0.0799. The average molecular weight is 356 g/mol. The quantitative estimate of drug-likeness (QED) is 0.815. The van der Waals surface area contributed by atoms with Crippen LogP contribution in [0.25, 0.3) is 6.08 Å². The maximum atomic E-state index is 12.2. The molecular weight excluding hydrogens is 334 g/mol. The first-order chi connectivity index (χ1) is 12.2. The summed E-state index contributed by atoms with van der Waals surface area (Å²) in [6.45, 7) is 2.01. The molecule has 3 rings (SSSR count). The SMILES string of the molecule is O=C(/C=C/c1ccccc1)NCC1(c2ccc(Cl)cc2)CCOCC1. The first-order valence-electron chi connectivity index (χ1n) is 8.53. The van der Waals surface area contributed by atoms with E-state index in [2.05, 4.69) is 17.4 Å². The zero-order chi connectivity index (χ0) is 17.5. The smallest absolute Gasteiger partial charge is 0.244 e. The van der Waals surface area contributed by atoms with Gasteiger partial charge in [0.1, 0.15) is 0 Å². The van der Waals surface area contributed by atoms with E-state index in [-0.39, 0.29) is 11.3 Å². The van der Waals surface area contributed by atoms with Crippen LogP contribution in [0.1, 0.15) is 24.0 Å². The Morgan fingerprint density at radius 3 is 2.44 bits per heavy atom. The Morgan fingerprint density at radius 2 is 1.76 bits per heavy atom. The van der Waals surface area contributed by atoms with Crippen molar-refractivity contribution in [2.45, 2.75) is 18.3 Å². The molecule has 1 fully saturated rings. The number of halogens is 1. The molecule has 3 nitrogen and oxygen atoms in total. The van der Waals surface area contributed by atoms with Crippen molar-refractivity contribution in [2.24, 2.45) is 0 Å². The Hall–Kier alpha value is -2.10. The molecule has 0 spiro atoms. The number of hydrogen-bond donors (Lipinski definition) is 1. The van der Waals surface area contributed by atoms with Crippen LogP contribution in [0.2, 0.25) is 5.02 Å². The second-order valence-electron chi connectivity index (χ2n) is 6.36. The summed E-state index contributed by atoms with van der Waals surface area (Å²) in [5.74, 6) is -0.0799. The van der Waals surface area contributed by atoms with Gasteiger partial charge in [-0.2, -0.15) is 0 Å². The van der Waals surface area contributed by atoms with Gasteiger partial charge in [0, 0.05) is 36.3 Å². The van der Waals surface area contributed by atoms with E-state index in [0.29, 0.717) is 19.8 Å². The Labute approximate surface area is 153 Å². The van der Waals surface area contributed by atoms with Crippen molar-refractivity contribution >= 4 is 23.6 Å². The lowest BCUT2D eigenvalue weighted by atomic mass is 9.74. The second kappa shape index (κ2) is 8.32. The van der Waals surface area contributed by atoms with E-state index in [0.717, 1.165) is 23.4 Å². The molecule has 0 saturated carbocycles. The summed E-state index contributed by atoms with van der Waals surface area (Å²) in [5.41, 5.74) is 2.11. The number of ether oxygens (including phenoxy) is 1. The lowest BCUT2D eigenvalue weighted by Crippen LogP contribution is -2.44. The number of nitrogens with one attached hydrogen (secondary N) is 1. The Bertz CT molecular complexity index is 719. The van der Waals surface area contributed by atoms with E-state index in [1.165, 1.54) is 5.56 Å². The third kappa shape index (κ3) is 4.71. The van der Waals surface area contributed by atoms with Gasteiger partial charge >= 0.3 is 0 Å². The molecule has 4 heteroatoms. The Kier molecular flexibility index (Phi) is 5.90. The molecule has 1 aliphatic rings. The third-order valence-electron chi connectivity index (χ3n) is 4.73. The van der Waals surface area contributed by atoms with E-state index < -0.39 is 0 Å². The highest BCUT2D eigenvalue weighted by Gasteiger charge is 2.34. The molecule has 130 valence electrons. The van der Waals surface area contributed by atoms with E-state index in [9.17, 15) is 4.79 Å². The van der Waals surface area contributed by atoms with Crippen LogP contribution in [-0.2, 0) is 14.9 Å². The second-order valence-corrected chi connectivity index (χ2v) is 6.80. The van der Waals surface area contributed by atoms with Crippen LogP contribution in [0, 0.1) is 0 Å². The zero-order valence-corrected chi connectivity index (χ0v) is 14.8. The molecule has 1 N–H and O–H groups in total. The van der Waals surface area contributed by atoms with E-state index >= 15 is 0 Å². The first kappa shape index (κ1) is 17.7. The Morgan fingerprint density at radius 1 is 1.08 bits per heavy atom. The van der Waals surface area contributed by atoms with Gasteiger partial charge < -0.3 is 10.1 Å². The number of benzene rings is 2. The van der Waals surface area contributed by atoms with E-state index in [1.54, 1.807) is 6.08 Å². The van der Waals surface area contributed by atoms with Crippen LogP contribution in [0.4, 0.5) is 0 Å². The molecule has 0 bridgehead atoms. The number of rotatable bonds is 5. The molecule has 0 atom stereocenters. The molecule has 2 aromatic rings. The molecule has 1 heterocycles. The normalized spacial score (nSPS) is 16.7. The number of hydrogen-bond acceptors (Lipinski definition) is 2. The van der Waals surface area contributed by atoms with Gasteiger partial charge in [0.15, 0.2) is 0 Å². The summed E-state index contributed by atoms with van der Waals surface area (Å²) in [4.78, 5) is 12.2. The molecule has 0 radical (unpaired) electrons. The van der Waals surface area contributed by atoms with Crippen LogP contribution in [0.5, 0.6) is 0 Å². The summed E-state index contributed by atoms with van der Waals surface area (Å²) >= 11 is 6.02. The summed E-state index contributed by atoms with van der Waals surface area (Å²) in [7, 11) is 0. The van der Waals surface area contributed by atoms with Crippen molar-refractivity contribution in [1.82, 2.24) is 5.32 Å². The van der Waals surface area contributed by atoms with Gasteiger partial charge in [-0.1, -0.05) is 54.1 Å².